The van der Waals surface area contributed by atoms with Gasteiger partial charge >= 0.3 is 12.1 Å². The van der Waals surface area contributed by atoms with Crippen molar-refractivity contribution in [1.29, 1.82) is 0 Å². The summed E-state index contributed by atoms with van der Waals surface area (Å²) in [4.78, 5) is 19.8. The molecule has 116 valence electrons. The molecule has 0 aliphatic rings. The average molecular weight is 328 g/mol. The van der Waals surface area contributed by atoms with E-state index in [1.807, 2.05) is 0 Å². The molecule has 21 heavy (non-hydrogen) atoms. The number of carboxylic acid groups (broad SMARTS) is 1. The molecule has 2 N–H and O–H groups in total. The zero-order valence-electron chi connectivity index (χ0n) is 9.92. The molecule has 1 rings (SSSR count). The average Bonchev–Trinajstić information content (AvgIpc) is 2.24. The fourth-order valence-corrected chi connectivity index (χ4v) is 2.22. The van der Waals surface area contributed by atoms with Crippen LogP contribution in [0.5, 0.6) is 0 Å². The Bertz CT molecular complexity index is 685. The van der Waals surface area contributed by atoms with Crippen LogP contribution in [0.3, 0.4) is 0 Å². The number of nitrogens with zero attached hydrogens (tertiary/aromatic N) is 1. The molecule has 0 amide bonds. The minimum Gasteiger partial charge on any atom is -0.480 e. The highest BCUT2D eigenvalue weighted by atomic mass is 32.2. The summed E-state index contributed by atoms with van der Waals surface area (Å²) in [6.45, 7) is 0. The molecule has 0 saturated carbocycles. The third-order valence-electron chi connectivity index (χ3n) is 2.10. The van der Waals surface area contributed by atoms with E-state index in [4.69, 9.17) is 5.11 Å². The summed E-state index contributed by atoms with van der Waals surface area (Å²) in [7, 11) is -4.47. The summed E-state index contributed by atoms with van der Waals surface area (Å²) < 4.78 is 61.5. The zero-order chi connectivity index (χ0) is 16.4. The summed E-state index contributed by atoms with van der Waals surface area (Å²) in [6.07, 6.45) is -4.84. The van der Waals surface area contributed by atoms with E-state index in [0.29, 0.717) is 12.1 Å². The Hall–Kier alpha value is -2.37. The van der Waals surface area contributed by atoms with Crippen molar-refractivity contribution in [2.45, 2.75) is 6.18 Å². The van der Waals surface area contributed by atoms with Gasteiger partial charge < -0.3 is 5.11 Å². The fraction of sp³-hybridized carbons (Fsp3) is 0.222. The zero-order valence-corrected chi connectivity index (χ0v) is 10.7. The molecule has 0 spiro atoms. The molecule has 1 aromatic rings. The Morgan fingerprint density at radius 2 is 1.95 bits per heavy atom. The van der Waals surface area contributed by atoms with Crippen molar-refractivity contribution in [2.24, 2.45) is 0 Å². The van der Waals surface area contributed by atoms with Gasteiger partial charge in [-0.1, -0.05) is 0 Å². The molecule has 8 nitrogen and oxygen atoms in total. The Balaban J connectivity index is 3.26. The van der Waals surface area contributed by atoms with Gasteiger partial charge in [0.25, 0.3) is 5.69 Å². The number of benzene rings is 1. The second kappa shape index (κ2) is 5.55. The van der Waals surface area contributed by atoms with Crippen molar-refractivity contribution >= 4 is 27.4 Å². The SMILES string of the molecule is O=C(O)CS(=O)(=O)Nc1ccc(C(F)(F)F)cc1[N+](=O)[O-]. The number of anilines is 1. The van der Waals surface area contributed by atoms with Gasteiger partial charge in [-0.05, 0) is 12.1 Å². The summed E-state index contributed by atoms with van der Waals surface area (Å²) in [5.74, 6) is -3.11. The molecular formula is C9H7F3N2O6S. The van der Waals surface area contributed by atoms with Crippen molar-refractivity contribution in [3.8, 4) is 0 Å². The predicted molar refractivity (Wildman–Crippen MR) is 63.1 cm³/mol. The van der Waals surface area contributed by atoms with E-state index in [0.717, 1.165) is 0 Å². The maximum atomic E-state index is 12.4. The maximum Gasteiger partial charge on any atom is 0.416 e. The van der Waals surface area contributed by atoms with E-state index < -0.39 is 49.8 Å². The second-order valence-electron chi connectivity index (χ2n) is 3.74. The van der Waals surface area contributed by atoms with Gasteiger partial charge in [-0.15, -0.1) is 0 Å². The first kappa shape index (κ1) is 16.7. The van der Waals surface area contributed by atoms with E-state index in [9.17, 15) is 36.5 Å². The van der Waals surface area contributed by atoms with Crippen LogP contribution in [0, 0.1) is 10.1 Å². The standard InChI is InChI=1S/C9H7F3N2O6S/c10-9(11,12)5-1-2-6(7(3-5)14(17)18)13-21(19,20)4-8(15)16/h1-3,13H,4H2,(H,15,16). The summed E-state index contributed by atoms with van der Waals surface area (Å²) in [5.41, 5.74) is -3.23. The largest absolute Gasteiger partial charge is 0.480 e. The number of hydrogen-bond acceptors (Lipinski definition) is 5. The summed E-state index contributed by atoms with van der Waals surface area (Å²) >= 11 is 0. The number of halogens is 3. The van der Waals surface area contributed by atoms with Crippen molar-refractivity contribution in [2.75, 3.05) is 10.5 Å². The lowest BCUT2D eigenvalue weighted by Gasteiger charge is -2.10. The third kappa shape index (κ3) is 4.59. The highest BCUT2D eigenvalue weighted by Crippen LogP contribution is 2.35. The van der Waals surface area contributed by atoms with Gasteiger partial charge in [0.05, 0.1) is 10.5 Å². The minimum atomic E-state index is -4.84. The van der Waals surface area contributed by atoms with Crippen molar-refractivity contribution in [1.82, 2.24) is 0 Å². The number of sulfonamides is 1. The molecule has 0 aliphatic carbocycles. The first-order valence-corrected chi connectivity index (χ1v) is 6.65. The van der Waals surface area contributed by atoms with E-state index in [1.54, 1.807) is 4.72 Å². The van der Waals surface area contributed by atoms with Crippen LogP contribution in [0.4, 0.5) is 24.5 Å². The summed E-state index contributed by atoms with van der Waals surface area (Å²) in [6, 6.07) is 1.13. The van der Waals surface area contributed by atoms with Crippen LogP contribution in [0.25, 0.3) is 0 Å². The summed E-state index contributed by atoms with van der Waals surface area (Å²) in [5, 5.41) is 19.1. The van der Waals surface area contributed by atoms with Crippen LogP contribution >= 0.6 is 0 Å². The molecule has 0 heterocycles. The van der Waals surface area contributed by atoms with Crippen LogP contribution in [0.1, 0.15) is 5.56 Å². The van der Waals surface area contributed by atoms with E-state index in [-0.39, 0.29) is 6.07 Å². The molecule has 0 fully saturated rings. The van der Waals surface area contributed by atoms with Gasteiger partial charge in [0.15, 0.2) is 5.75 Å². The highest BCUT2D eigenvalue weighted by Gasteiger charge is 2.33. The number of rotatable bonds is 5. The molecule has 0 aromatic heterocycles. The number of nitrogens with one attached hydrogen (secondary N) is 1. The fourth-order valence-electron chi connectivity index (χ4n) is 1.31. The topological polar surface area (TPSA) is 127 Å². The van der Waals surface area contributed by atoms with Gasteiger partial charge in [-0.2, -0.15) is 13.2 Å². The molecule has 0 bridgehead atoms. The lowest BCUT2D eigenvalue weighted by atomic mass is 10.1. The monoisotopic (exact) mass is 328 g/mol. The quantitative estimate of drug-likeness (QED) is 0.622. The molecule has 0 atom stereocenters. The predicted octanol–water partition coefficient (Wildman–Crippen LogP) is 1.44. The minimum absolute atomic E-state index is 0.151. The van der Waals surface area contributed by atoms with Crippen LogP contribution in [-0.4, -0.2) is 30.2 Å². The van der Waals surface area contributed by atoms with Crippen LogP contribution in [0.2, 0.25) is 0 Å². The van der Waals surface area contributed by atoms with Gasteiger partial charge in [-0.3, -0.25) is 19.6 Å². The van der Waals surface area contributed by atoms with Crippen LogP contribution < -0.4 is 4.72 Å². The maximum absolute atomic E-state index is 12.4. The second-order valence-corrected chi connectivity index (χ2v) is 5.46. The number of nitro groups is 1. The number of alkyl halides is 3. The van der Waals surface area contributed by atoms with E-state index >= 15 is 0 Å². The van der Waals surface area contributed by atoms with Crippen LogP contribution in [0.15, 0.2) is 18.2 Å². The van der Waals surface area contributed by atoms with Gasteiger partial charge in [-0.25, -0.2) is 8.42 Å². The van der Waals surface area contributed by atoms with Gasteiger partial charge in [0.2, 0.25) is 10.0 Å². The Labute approximate surface area is 115 Å². The van der Waals surface area contributed by atoms with Crippen molar-refractivity contribution < 1.29 is 36.4 Å². The molecule has 0 aliphatic heterocycles. The number of aliphatic carboxylic acids is 1. The van der Waals surface area contributed by atoms with Gasteiger partial charge in [0, 0.05) is 6.07 Å². The third-order valence-corrected chi connectivity index (χ3v) is 3.26. The lowest BCUT2D eigenvalue weighted by Crippen LogP contribution is -2.23. The lowest BCUT2D eigenvalue weighted by molar-refractivity contribution is -0.384. The molecule has 12 heteroatoms. The number of carbonyl (C=O) groups is 1. The number of hydrogen-bond donors (Lipinski definition) is 2. The number of carboxylic acids is 1. The van der Waals surface area contributed by atoms with Crippen molar-refractivity contribution in [3.63, 3.8) is 0 Å². The molecule has 1 aromatic carbocycles. The molecular weight excluding hydrogens is 321 g/mol. The van der Waals surface area contributed by atoms with Crippen LogP contribution in [-0.2, 0) is 21.0 Å². The van der Waals surface area contributed by atoms with Crippen molar-refractivity contribution in [3.05, 3.63) is 33.9 Å². The Morgan fingerprint density at radius 3 is 2.38 bits per heavy atom. The molecule has 0 saturated heterocycles. The Kier molecular flexibility index (Phi) is 4.41. The van der Waals surface area contributed by atoms with E-state index in [1.165, 1.54) is 0 Å². The highest BCUT2D eigenvalue weighted by molar-refractivity contribution is 7.93. The molecule has 0 radical (unpaired) electrons. The first-order valence-electron chi connectivity index (χ1n) is 5.00. The van der Waals surface area contributed by atoms with Gasteiger partial charge in [0.1, 0.15) is 5.69 Å². The smallest absolute Gasteiger partial charge is 0.416 e. The first-order chi connectivity index (χ1) is 9.42. The number of nitro benzene ring substituents is 1. The van der Waals surface area contributed by atoms with E-state index in [2.05, 4.69) is 0 Å². The Morgan fingerprint density at radius 1 is 1.38 bits per heavy atom. The molecule has 0 unspecified atom stereocenters. The normalized spacial score (nSPS) is 12.0.